The Morgan fingerprint density at radius 2 is 2.00 bits per heavy atom. The molecule has 2 aromatic rings. The summed E-state index contributed by atoms with van der Waals surface area (Å²) in [5, 5.41) is 13.4. The largest absolute Gasteiger partial charge is 0.320 e. The normalized spacial score (nSPS) is 10.4. The van der Waals surface area contributed by atoms with Crippen LogP contribution in [0.3, 0.4) is 0 Å². The number of nitro groups is 1. The molecule has 23 heavy (non-hydrogen) atoms. The van der Waals surface area contributed by atoms with Crippen molar-refractivity contribution in [1.29, 1.82) is 0 Å². The number of carbonyl (C=O) groups is 1. The van der Waals surface area contributed by atoms with Gasteiger partial charge in [-0.05, 0) is 37.6 Å². The highest BCUT2D eigenvalue weighted by Crippen LogP contribution is 2.27. The lowest BCUT2D eigenvalue weighted by molar-refractivity contribution is -0.384. The molecule has 0 aliphatic carbocycles. The van der Waals surface area contributed by atoms with Crippen LogP contribution in [0.1, 0.15) is 11.1 Å². The molecule has 0 radical (unpaired) electrons. The average molecular weight is 334 g/mol. The van der Waals surface area contributed by atoms with Crippen molar-refractivity contribution in [3.8, 4) is 0 Å². The van der Waals surface area contributed by atoms with Gasteiger partial charge in [0.05, 0.1) is 16.7 Å². The number of nitrogens with zero attached hydrogens (tertiary/aromatic N) is 1. The van der Waals surface area contributed by atoms with Gasteiger partial charge in [-0.3, -0.25) is 14.9 Å². The summed E-state index contributed by atoms with van der Waals surface area (Å²) in [5.41, 5.74) is 1.67. The molecule has 0 heterocycles. The van der Waals surface area contributed by atoms with Crippen LogP contribution in [0.2, 0.25) is 0 Å². The molecule has 0 aromatic heterocycles. The highest BCUT2D eigenvalue weighted by molar-refractivity contribution is 8.00. The summed E-state index contributed by atoms with van der Waals surface area (Å²) in [6.07, 6.45) is 0. The Morgan fingerprint density at radius 3 is 2.70 bits per heavy atom. The molecule has 0 aliphatic heterocycles. The van der Waals surface area contributed by atoms with E-state index in [1.54, 1.807) is 0 Å². The molecule has 1 N–H and O–H groups in total. The number of halogens is 1. The van der Waals surface area contributed by atoms with Gasteiger partial charge in [0.25, 0.3) is 5.69 Å². The van der Waals surface area contributed by atoms with E-state index in [9.17, 15) is 19.3 Å². The van der Waals surface area contributed by atoms with E-state index in [-0.39, 0.29) is 17.3 Å². The first-order valence-corrected chi connectivity index (χ1v) is 7.79. The van der Waals surface area contributed by atoms with Crippen LogP contribution in [-0.2, 0) is 4.79 Å². The molecule has 0 spiro atoms. The second-order valence-corrected chi connectivity index (χ2v) is 6.04. The van der Waals surface area contributed by atoms with Gasteiger partial charge in [-0.2, -0.15) is 0 Å². The van der Waals surface area contributed by atoms with Crippen LogP contribution in [0.15, 0.2) is 41.3 Å². The summed E-state index contributed by atoms with van der Waals surface area (Å²) < 4.78 is 13.1. The van der Waals surface area contributed by atoms with E-state index in [0.717, 1.165) is 28.2 Å². The SMILES string of the molecule is Cc1ccc(C)c(SCC(=O)Nc2ccc(F)cc2[N+](=O)[O-])c1. The predicted molar refractivity (Wildman–Crippen MR) is 88.3 cm³/mol. The summed E-state index contributed by atoms with van der Waals surface area (Å²) >= 11 is 1.35. The highest BCUT2D eigenvalue weighted by atomic mass is 32.2. The van der Waals surface area contributed by atoms with E-state index >= 15 is 0 Å². The van der Waals surface area contributed by atoms with Gasteiger partial charge < -0.3 is 5.32 Å². The van der Waals surface area contributed by atoms with E-state index < -0.39 is 16.4 Å². The van der Waals surface area contributed by atoms with E-state index in [0.29, 0.717) is 0 Å². The number of hydrogen-bond acceptors (Lipinski definition) is 4. The Labute approximate surface area is 137 Å². The molecule has 1 amide bonds. The van der Waals surface area contributed by atoms with Gasteiger partial charge in [0.15, 0.2) is 0 Å². The third-order valence-corrected chi connectivity index (χ3v) is 4.29. The zero-order valence-corrected chi connectivity index (χ0v) is 13.4. The fraction of sp³-hybridized carbons (Fsp3) is 0.188. The Morgan fingerprint density at radius 1 is 1.26 bits per heavy atom. The first-order valence-electron chi connectivity index (χ1n) is 6.80. The van der Waals surface area contributed by atoms with Gasteiger partial charge in [0.1, 0.15) is 11.5 Å². The third-order valence-electron chi connectivity index (χ3n) is 3.13. The molecule has 2 aromatic carbocycles. The second kappa shape index (κ2) is 7.23. The molecular formula is C16H15FN2O3S. The quantitative estimate of drug-likeness (QED) is 0.508. The number of aryl methyl sites for hydroxylation is 2. The molecule has 5 nitrogen and oxygen atoms in total. The van der Waals surface area contributed by atoms with E-state index in [2.05, 4.69) is 5.32 Å². The second-order valence-electron chi connectivity index (χ2n) is 5.02. The van der Waals surface area contributed by atoms with Gasteiger partial charge in [0.2, 0.25) is 5.91 Å². The topological polar surface area (TPSA) is 72.2 Å². The minimum absolute atomic E-state index is 0.0111. The maximum atomic E-state index is 13.1. The Hall–Kier alpha value is -2.41. The molecule has 7 heteroatoms. The van der Waals surface area contributed by atoms with E-state index in [4.69, 9.17) is 0 Å². The fourth-order valence-electron chi connectivity index (χ4n) is 1.95. The van der Waals surface area contributed by atoms with E-state index in [1.165, 1.54) is 17.8 Å². The lowest BCUT2D eigenvalue weighted by atomic mass is 10.2. The standard InChI is InChI=1S/C16H15FN2O3S/c1-10-3-4-11(2)15(7-10)23-9-16(20)18-13-6-5-12(17)8-14(13)19(21)22/h3-8H,9H2,1-2H3,(H,18,20). The fourth-order valence-corrected chi connectivity index (χ4v) is 2.88. The number of amides is 1. The van der Waals surface area contributed by atoms with Crippen LogP contribution in [0, 0.1) is 29.8 Å². The number of nitro benzene ring substituents is 1. The monoisotopic (exact) mass is 334 g/mol. The maximum Gasteiger partial charge on any atom is 0.295 e. The van der Waals surface area contributed by atoms with Crippen molar-refractivity contribution in [2.75, 3.05) is 11.1 Å². The molecule has 0 saturated carbocycles. The lowest BCUT2D eigenvalue weighted by Gasteiger charge is -2.08. The molecule has 0 fully saturated rings. The summed E-state index contributed by atoms with van der Waals surface area (Å²) in [6.45, 7) is 3.91. The summed E-state index contributed by atoms with van der Waals surface area (Å²) in [6, 6.07) is 8.98. The van der Waals surface area contributed by atoms with Crippen LogP contribution < -0.4 is 5.32 Å². The van der Waals surface area contributed by atoms with Crippen LogP contribution >= 0.6 is 11.8 Å². The zero-order chi connectivity index (χ0) is 17.0. The molecule has 0 unspecified atom stereocenters. The minimum atomic E-state index is -0.726. The number of nitrogens with one attached hydrogen (secondary N) is 1. The van der Waals surface area contributed by atoms with Crippen molar-refractivity contribution < 1.29 is 14.1 Å². The first kappa shape index (κ1) is 17.0. The van der Waals surface area contributed by atoms with Crippen LogP contribution in [0.4, 0.5) is 15.8 Å². The predicted octanol–water partition coefficient (Wildman–Crippen LogP) is 4.08. The number of rotatable bonds is 5. The van der Waals surface area contributed by atoms with Crippen LogP contribution in [0.5, 0.6) is 0 Å². The molecule has 0 saturated heterocycles. The van der Waals surface area contributed by atoms with Crippen LogP contribution in [0.25, 0.3) is 0 Å². The lowest BCUT2D eigenvalue weighted by Crippen LogP contribution is -2.15. The number of hydrogen-bond donors (Lipinski definition) is 1. The van der Waals surface area contributed by atoms with Gasteiger partial charge in [-0.15, -0.1) is 11.8 Å². The smallest absolute Gasteiger partial charge is 0.295 e. The van der Waals surface area contributed by atoms with Gasteiger partial charge in [0, 0.05) is 4.90 Å². The van der Waals surface area contributed by atoms with Gasteiger partial charge >= 0.3 is 0 Å². The van der Waals surface area contributed by atoms with Crippen molar-refractivity contribution in [2.45, 2.75) is 18.7 Å². The number of thioether (sulfide) groups is 1. The molecule has 0 aliphatic rings. The van der Waals surface area contributed by atoms with Crippen molar-refractivity contribution in [2.24, 2.45) is 0 Å². The number of carbonyl (C=O) groups excluding carboxylic acids is 1. The van der Waals surface area contributed by atoms with Crippen molar-refractivity contribution >= 4 is 29.0 Å². The van der Waals surface area contributed by atoms with Gasteiger partial charge in [-0.25, -0.2) is 4.39 Å². The minimum Gasteiger partial charge on any atom is -0.320 e. The Bertz CT molecular complexity index is 765. The third kappa shape index (κ3) is 4.53. The maximum absolute atomic E-state index is 13.1. The summed E-state index contributed by atoms with van der Waals surface area (Å²) in [5.74, 6) is -0.996. The molecule has 2 rings (SSSR count). The van der Waals surface area contributed by atoms with Crippen molar-refractivity contribution in [3.05, 3.63) is 63.5 Å². The Balaban J connectivity index is 2.06. The molecule has 0 atom stereocenters. The number of anilines is 1. The molecule has 0 bridgehead atoms. The van der Waals surface area contributed by atoms with Crippen molar-refractivity contribution in [1.82, 2.24) is 0 Å². The van der Waals surface area contributed by atoms with E-state index in [1.807, 2.05) is 32.0 Å². The zero-order valence-electron chi connectivity index (χ0n) is 12.6. The van der Waals surface area contributed by atoms with Crippen LogP contribution in [-0.4, -0.2) is 16.6 Å². The van der Waals surface area contributed by atoms with Gasteiger partial charge in [-0.1, -0.05) is 17.7 Å². The Kier molecular flexibility index (Phi) is 5.33. The number of benzene rings is 2. The summed E-state index contributed by atoms with van der Waals surface area (Å²) in [4.78, 5) is 23.1. The summed E-state index contributed by atoms with van der Waals surface area (Å²) in [7, 11) is 0. The highest BCUT2D eigenvalue weighted by Gasteiger charge is 2.17. The first-order chi connectivity index (χ1) is 10.9. The average Bonchev–Trinajstić information content (AvgIpc) is 2.49. The molecule has 120 valence electrons. The van der Waals surface area contributed by atoms with Crippen molar-refractivity contribution in [3.63, 3.8) is 0 Å². The molecular weight excluding hydrogens is 319 g/mol.